The van der Waals surface area contributed by atoms with Crippen LogP contribution in [0, 0.1) is 0 Å². The molecule has 21 heteroatoms. The number of hydrogen-bond donors (Lipinski definition) is 10. The molecule has 0 aliphatic carbocycles. The topological polar surface area (TPSA) is 334 Å². The van der Waals surface area contributed by atoms with Crippen LogP contribution in [-0.4, -0.2) is 134 Å². The van der Waals surface area contributed by atoms with Gasteiger partial charge in [0.25, 0.3) is 5.91 Å². The Morgan fingerprint density at radius 3 is 1.00 bits per heavy atom. The van der Waals surface area contributed by atoms with Crippen molar-refractivity contribution in [2.24, 2.45) is 0 Å². The summed E-state index contributed by atoms with van der Waals surface area (Å²) in [5.74, 6) is -8.27. The first-order chi connectivity index (χ1) is 28.0. The molecule has 59 heavy (non-hydrogen) atoms. The van der Waals surface area contributed by atoms with Crippen LogP contribution in [0.15, 0.2) is 91.0 Å². The molecule has 0 aliphatic rings. The summed E-state index contributed by atoms with van der Waals surface area (Å²) in [5.41, 5.74) is -1.09. The number of aliphatic hydroxyl groups excluding tert-OH is 2. The Morgan fingerprint density at radius 1 is 0.458 bits per heavy atom. The smallest absolute Gasteiger partial charge is 0.407 e. The number of nitrogens with one attached hydrogen (secondary N) is 4. The fourth-order valence-electron chi connectivity index (χ4n) is 5.16. The van der Waals surface area contributed by atoms with E-state index in [0.29, 0.717) is 16.7 Å². The molecule has 5 unspecified atom stereocenters. The fourth-order valence-corrected chi connectivity index (χ4v) is 5.16. The minimum atomic E-state index is -2.75. The molecule has 0 aromatic heterocycles. The van der Waals surface area contributed by atoms with Gasteiger partial charge in [-0.15, -0.1) is 0 Å². The molecule has 0 fully saturated rings. The number of carboxylic acid groups (broad SMARTS) is 4. The summed E-state index contributed by atoms with van der Waals surface area (Å²) in [4.78, 5) is 99.6. The van der Waals surface area contributed by atoms with Crippen molar-refractivity contribution in [3.8, 4) is 0 Å². The van der Waals surface area contributed by atoms with Crippen LogP contribution >= 0.6 is 0 Å². The summed E-state index contributed by atoms with van der Waals surface area (Å²) in [6, 6.07) is 19.4. The lowest BCUT2D eigenvalue weighted by Crippen LogP contribution is -2.63. The van der Waals surface area contributed by atoms with Gasteiger partial charge in [-0.1, -0.05) is 91.0 Å². The monoisotopic (exact) mass is 826 g/mol. The summed E-state index contributed by atoms with van der Waals surface area (Å²) in [6.07, 6.45) is -10.6. The van der Waals surface area contributed by atoms with Gasteiger partial charge in [-0.25, -0.2) is 33.6 Å². The zero-order chi connectivity index (χ0) is 43.5. The number of aliphatic carboxylic acids is 4. The highest BCUT2D eigenvalue weighted by Gasteiger charge is 2.42. The van der Waals surface area contributed by atoms with E-state index in [1.165, 1.54) is 0 Å². The van der Waals surface area contributed by atoms with Crippen molar-refractivity contribution in [3.05, 3.63) is 108 Å². The van der Waals surface area contributed by atoms with E-state index in [1.807, 2.05) is 5.32 Å². The Kier molecular flexibility index (Phi) is 17.6. The van der Waals surface area contributed by atoms with Crippen molar-refractivity contribution in [2.75, 3.05) is 19.8 Å². The average molecular weight is 827 g/mol. The Bertz CT molecular complexity index is 1730. The van der Waals surface area contributed by atoms with Crippen molar-refractivity contribution in [3.63, 3.8) is 0 Å². The number of carbonyl (C=O) groups excluding carboxylic acids is 4. The number of carbonyl (C=O) groups is 8. The van der Waals surface area contributed by atoms with E-state index in [9.17, 15) is 63.9 Å². The maximum absolute atomic E-state index is 13.2. The van der Waals surface area contributed by atoms with Crippen LogP contribution in [0.4, 0.5) is 14.4 Å². The maximum Gasteiger partial charge on any atom is 0.407 e. The molecule has 4 amide bonds. The lowest BCUT2D eigenvalue weighted by Gasteiger charge is -2.34. The minimum Gasteiger partial charge on any atom is -0.480 e. The van der Waals surface area contributed by atoms with Crippen LogP contribution in [0.25, 0.3) is 0 Å². The van der Waals surface area contributed by atoms with Gasteiger partial charge in [-0.2, -0.15) is 0 Å². The van der Waals surface area contributed by atoms with Gasteiger partial charge in [-0.05, 0) is 16.7 Å². The molecule has 0 bridgehead atoms. The van der Waals surface area contributed by atoms with E-state index in [2.05, 4.69) is 16.0 Å². The van der Waals surface area contributed by atoms with E-state index < -0.39 is 104 Å². The van der Waals surface area contributed by atoms with Crippen LogP contribution in [0.1, 0.15) is 16.7 Å². The molecule has 21 nitrogen and oxygen atoms in total. The van der Waals surface area contributed by atoms with Gasteiger partial charge in [0.1, 0.15) is 43.5 Å². The summed E-state index contributed by atoms with van der Waals surface area (Å²) < 4.78 is 15.5. The highest BCUT2D eigenvalue weighted by atomic mass is 16.6. The molecule has 3 aromatic rings. The Labute approximate surface area is 334 Å². The van der Waals surface area contributed by atoms with Crippen molar-refractivity contribution in [1.82, 2.24) is 21.3 Å². The van der Waals surface area contributed by atoms with E-state index >= 15 is 0 Å². The predicted molar refractivity (Wildman–Crippen MR) is 199 cm³/mol. The molecule has 0 saturated heterocycles. The summed E-state index contributed by atoms with van der Waals surface area (Å²) in [5, 5.41) is 66.9. The molecular formula is C38H42N4O17. The number of ether oxygens (including phenoxy) is 3. The van der Waals surface area contributed by atoms with Gasteiger partial charge in [0.15, 0.2) is 12.2 Å². The van der Waals surface area contributed by atoms with E-state index in [4.69, 9.17) is 19.3 Å². The largest absolute Gasteiger partial charge is 0.480 e. The zero-order valence-corrected chi connectivity index (χ0v) is 31.0. The number of alkyl carbamates (subject to hydrolysis) is 3. The van der Waals surface area contributed by atoms with Crippen LogP contribution < -0.4 is 21.3 Å². The van der Waals surface area contributed by atoms with Gasteiger partial charge >= 0.3 is 42.2 Å². The Balaban J connectivity index is 1.93. The third kappa shape index (κ3) is 15.7. The summed E-state index contributed by atoms with van der Waals surface area (Å²) >= 11 is 0. The lowest BCUT2D eigenvalue weighted by atomic mass is 10.0. The Morgan fingerprint density at radius 2 is 0.746 bits per heavy atom. The maximum atomic E-state index is 13.2. The summed E-state index contributed by atoms with van der Waals surface area (Å²) in [6.45, 7) is -3.67. The number of benzene rings is 3. The number of amides is 4. The quantitative estimate of drug-likeness (QED) is 0.0592. The molecule has 316 valence electrons. The third-order valence-electron chi connectivity index (χ3n) is 8.27. The number of hydrogen-bond acceptors (Lipinski definition) is 13. The van der Waals surface area contributed by atoms with Crippen molar-refractivity contribution in [2.45, 2.75) is 55.1 Å². The van der Waals surface area contributed by atoms with Crippen molar-refractivity contribution >= 4 is 48.1 Å². The molecule has 0 spiro atoms. The highest BCUT2D eigenvalue weighted by molar-refractivity contribution is 5.88. The van der Waals surface area contributed by atoms with Gasteiger partial charge in [0.05, 0.1) is 0 Å². The number of carboxylic acids is 4. The number of rotatable bonds is 22. The second kappa shape index (κ2) is 22.5. The van der Waals surface area contributed by atoms with E-state index in [-0.39, 0.29) is 19.3 Å². The molecule has 3 rings (SSSR count). The van der Waals surface area contributed by atoms with Gasteiger partial charge < -0.3 is 66.1 Å². The number of aliphatic hydroxyl groups is 2. The highest BCUT2D eigenvalue weighted by Crippen LogP contribution is 2.14. The zero-order valence-electron chi connectivity index (χ0n) is 31.0. The average Bonchev–Trinajstić information content (AvgIpc) is 3.21. The van der Waals surface area contributed by atoms with Crippen LogP contribution in [0.5, 0.6) is 0 Å². The Hall–Kier alpha value is -7.26. The first-order valence-electron chi connectivity index (χ1n) is 17.5. The van der Waals surface area contributed by atoms with Crippen molar-refractivity contribution < 1.29 is 83.2 Å². The second-order valence-corrected chi connectivity index (χ2v) is 12.9. The van der Waals surface area contributed by atoms with E-state index in [0.717, 1.165) is 0 Å². The normalized spacial score (nSPS) is 14.3. The van der Waals surface area contributed by atoms with Crippen LogP contribution in [0.2, 0.25) is 0 Å². The molecule has 0 radical (unpaired) electrons. The van der Waals surface area contributed by atoms with Gasteiger partial charge in [0.2, 0.25) is 0 Å². The molecular weight excluding hydrogens is 784 g/mol. The molecule has 3 aromatic carbocycles. The molecule has 0 heterocycles. The fraction of sp³-hybridized carbons (Fsp3) is 0.316. The molecule has 10 N–H and O–H groups in total. The van der Waals surface area contributed by atoms with Gasteiger partial charge in [-0.3, -0.25) is 4.79 Å². The summed E-state index contributed by atoms with van der Waals surface area (Å²) in [7, 11) is 0. The van der Waals surface area contributed by atoms with Gasteiger partial charge in [0, 0.05) is 19.3 Å². The SMILES string of the molecule is O=C(NC(Cc1ccccc1)C(=O)O)OCC(COC(=O)NC(Cc1ccccc1)C(=O)O)(COC(=O)NC(Cc1ccccc1)C(=O)O)NC(=O)C(O)C(O)C(=O)O. The third-order valence-corrected chi connectivity index (χ3v) is 8.27. The predicted octanol–water partition coefficient (Wildman–Crippen LogP) is -0.0859. The lowest BCUT2D eigenvalue weighted by molar-refractivity contribution is -0.159. The van der Waals surface area contributed by atoms with E-state index in [1.54, 1.807) is 91.0 Å². The first-order valence-corrected chi connectivity index (χ1v) is 17.5. The molecule has 0 aliphatic heterocycles. The second-order valence-electron chi connectivity index (χ2n) is 12.9. The minimum absolute atomic E-state index is 0.236. The first kappa shape index (κ1) is 46.1. The molecule has 5 atom stereocenters. The standard InChI is InChI=1S/C38H42N4O17/c43-28(29(44)34(52)53)30(45)42-38(19-57-35(54)39-25(31(46)47)16-22-10-4-1-5-11-22,20-58-36(55)40-26(32(48)49)17-23-12-6-2-7-13-23)21-59-37(56)41-27(33(50)51)18-24-14-8-3-9-15-24/h1-15,25-29,43-44H,16-21H2,(H,39,54)(H,40,55)(H,41,56)(H,42,45)(H,46,47)(H,48,49)(H,50,51)(H,52,53). The van der Waals surface area contributed by atoms with Crippen LogP contribution in [0.3, 0.4) is 0 Å². The van der Waals surface area contributed by atoms with Crippen LogP contribution in [-0.2, 0) is 57.4 Å². The van der Waals surface area contributed by atoms with Crippen molar-refractivity contribution in [1.29, 1.82) is 0 Å². The molecule has 0 saturated carbocycles.